The van der Waals surface area contributed by atoms with Crippen LogP contribution < -0.4 is 10.5 Å². The summed E-state index contributed by atoms with van der Waals surface area (Å²) in [5.74, 6) is -0.435. The molecule has 0 aliphatic carbocycles. The monoisotopic (exact) mass is 505 g/mol. The molecule has 0 aliphatic rings. The molecule has 1 heterocycles. The van der Waals surface area contributed by atoms with E-state index in [4.69, 9.17) is 33.7 Å². The van der Waals surface area contributed by atoms with Gasteiger partial charge in [0.2, 0.25) is 0 Å². The number of halogens is 2. The predicted octanol–water partition coefficient (Wildman–Crippen LogP) is 5.45. The molecule has 2 amide bonds. The summed E-state index contributed by atoms with van der Waals surface area (Å²) in [7, 11) is 0. The first-order valence-corrected chi connectivity index (χ1v) is 11.7. The number of carboxylic acid groups (broad SMARTS) is 1. The lowest BCUT2D eigenvalue weighted by molar-refractivity contribution is -0.152. The zero-order chi connectivity index (χ0) is 25.0. The third kappa shape index (κ3) is 6.15. The number of hydrogen-bond donors (Lipinski definition) is 2. The van der Waals surface area contributed by atoms with Gasteiger partial charge in [-0.25, -0.2) is 9.59 Å². The number of aromatic nitrogens is 1. The number of carboxylic acids is 1. The van der Waals surface area contributed by atoms with Crippen molar-refractivity contribution in [1.82, 2.24) is 9.47 Å². The fourth-order valence-electron chi connectivity index (χ4n) is 3.82. The number of benzene rings is 2. The molecule has 182 valence electrons. The van der Waals surface area contributed by atoms with Gasteiger partial charge < -0.3 is 25.0 Å². The van der Waals surface area contributed by atoms with Gasteiger partial charge in [-0.1, -0.05) is 42.3 Å². The highest BCUT2D eigenvalue weighted by molar-refractivity contribution is 6.42. The maximum absolute atomic E-state index is 12.1. The number of urea groups is 1. The van der Waals surface area contributed by atoms with Crippen LogP contribution in [0.3, 0.4) is 0 Å². The van der Waals surface area contributed by atoms with Gasteiger partial charge in [0.15, 0.2) is 5.60 Å². The van der Waals surface area contributed by atoms with Gasteiger partial charge in [0.1, 0.15) is 5.75 Å². The third-order valence-electron chi connectivity index (χ3n) is 5.69. The molecule has 3 N–H and O–H groups in total. The number of fused-ring (bicyclic) bond motifs is 1. The van der Waals surface area contributed by atoms with Crippen LogP contribution in [0.2, 0.25) is 10.0 Å². The normalized spacial score (nSPS) is 12.5. The smallest absolute Gasteiger partial charge is 0.347 e. The number of nitrogens with zero attached hydrogens (tertiary/aromatic N) is 2. The highest BCUT2D eigenvalue weighted by Gasteiger charge is 2.29. The summed E-state index contributed by atoms with van der Waals surface area (Å²) >= 11 is 12.4. The van der Waals surface area contributed by atoms with Crippen molar-refractivity contribution in [3.8, 4) is 5.75 Å². The second-order valence-corrected chi connectivity index (χ2v) is 9.74. The average Bonchev–Trinajstić information content (AvgIpc) is 3.16. The fraction of sp³-hybridized carbons (Fsp3) is 0.360. The van der Waals surface area contributed by atoms with Gasteiger partial charge in [-0.2, -0.15) is 0 Å². The topological polar surface area (TPSA) is 97.8 Å². The van der Waals surface area contributed by atoms with Crippen LogP contribution in [0.5, 0.6) is 5.75 Å². The molecule has 0 saturated heterocycles. The fourth-order valence-corrected chi connectivity index (χ4v) is 4.21. The highest BCUT2D eigenvalue weighted by Crippen LogP contribution is 2.28. The minimum atomic E-state index is -1.33. The van der Waals surface area contributed by atoms with Crippen LogP contribution >= 0.6 is 23.2 Å². The van der Waals surface area contributed by atoms with Crippen LogP contribution in [0.25, 0.3) is 10.9 Å². The Kier molecular flexibility index (Phi) is 8.00. The van der Waals surface area contributed by atoms with Crippen molar-refractivity contribution in [1.29, 1.82) is 0 Å². The summed E-state index contributed by atoms with van der Waals surface area (Å²) in [6, 6.07) is 12.4. The van der Waals surface area contributed by atoms with E-state index >= 15 is 0 Å². The molecule has 2 aromatic carbocycles. The Bertz CT molecular complexity index is 1190. The number of carbonyl (C=O) groups excluding carboxylic acids is 1. The molecule has 0 fully saturated rings. The molecule has 0 radical (unpaired) electrons. The molecule has 3 rings (SSSR count). The van der Waals surface area contributed by atoms with Gasteiger partial charge in [0.05, 0.1) is 10.0 Å². The molecule has 1 aromatic heterocycles. The zero-order valence-corrected chi connectivity index (χ0v) is 20.9. The Hall–Kier alpha value is -2.90. The second-order valence-electron chi connectivity index (χ2n) is 8.95. The molecular formula is C25H29Cl2N3O4. The predicted molar refractivity (Wildman–Crippen MR) is 135 cm³/mol. The summed E-state index contributed by atoms with van der Waals surface area (Å²) < 4.78 is 7.65. The summed E-state index contributed by atoms with van der Waals surface area (Å²) in [4.78, 5) is 25.0. The lowest BCUT2D eigenvalue weighted by atomic mass is 10.0. The Morgan fingerprint density at radius 3 is 2.62 bits per heavy atom. The summed E-state index contributed by atoms with van der Waals surface area (Å²) in [6.07, 6.45) is 2.59. The number of nitrogens with two attached hydrogens (primary N) is 1. The van der Waals surface area contributed by atoms with Crippen molar-refractivity contribution >= 4 is 46.1 Å². The van der Waals surface area contributed by atoms with Gasteiger partial charge >= 0.3 is 12.0 Å². The summed E-state index contributed by atoms with van der Waals surface area (Å²) in [6.45, 7) is 6.53. The molecule has 3 aromatic rings. The van der Waals surface area contributed by atoms with E-state index < -0.39 is 17.6 Å². The number of hydrogen-bond acceptors (Lipinski definition) is 3. The lowest BCUT2D eigenvalue weighted by Gasteiger charge is -2.25. The van der Waals surface area contributed by atoms with Crippen LogP contribution in [0.4, 0.5) is 4.79 Å². The first-order valence-electron chi connectivity index (χ1n) is 11.0. The largest absolute Gasteiger partial charge is 0.478 e. The van der Waals surface area contributed by atoms with E-state index in [2.05, 4.69) is 0 Å². The number of ether oxygens (including phenoxy) is 1. The van der Waals surface area contributed by atoms with E-state index in [1.54, 1.807) is 23.1 Å². The van der Waals surface area contributed by atoms with Crippen LogP contribution in [-0.4, -0.2) is 45.3 Å². The Balaban J connectivity index is 1.65. The van der Waals surface area contributed by atoms with Crippen molar-refractivity contribution < 1.29 is 19.4 Å². The Morgan fingerprint density at radius 2 is 1.94 bits per heavy atom. The van der Waals surface area contributed by atoms with Crippen molar-refractivity contribution in [2.24, 2.45) is 11.7 Å². The minimum absolute atomic E-state index is 0.127. The Morgan fingerprint density at radius 1 is 1.21 bits per heavy atom. The molecule has 0 bridgehead atoms. The van der Waals surface area contributed by atoms with Crippen LogP contribution in [0, 0.1) is 5.92 Å². The molecule has 0 spiro atoms. The molecule has 9 heteroatoms. The van der Waals surface area contributed by atoms with E-state index in [1.807, 2.05) is 42.0 Å². The molecule has 0 aliphatic heterocycles. The minimum Gasteiger partial charge on any atom is -0.478 e. The Labute approximate surface area is 209 Å². The van der Waals surface area contributed by atoms with Crippen molar-refractivity contribution in [2.45, 2.75) is 39.3 Å². The van der Waals surface area contributed by atoms with Gasteiger partial charge in [-0.15, -0.1) is 0 Å². The first-order chi connectivity index (χ1) is 16.0. The average molecular weight is 506 g/mol. The van der Waals surface area contributed by atoms with Crippen LogP contribution in [-0.2, 0) is 17.8 Å². The van der Waals surface area contributed by atoms with Gasteiger partial charge in [-0.05, 0) is 62.1 Å². The first kappa shape index (κ1) is 25.7. The molecule has 1 atom stereocenters. The summed E-state index contributed by atoms with van der Waals surface area (Å²) in [5.41, 5.74) is 6.21. The highest BCUT2D eigenvalue weighted by atomic mass is 35.5. The van der Waals surface area contributed by atoms with E-state index in [0.717, 1.165) is 16.5 Å². The SMILES string of the molecule is CC(Cc1cccc(Cl)c1Cl)CN(CCn1ccc2cc(OC(C)(C)C(=O)O)ccc21)C(N)=O. The zero-order valence-electron chi connectivity index (χ0n) is 19.4. The number of amides is 2. The van der Waals surface area contributed by atoms with E-state index in [1.165, 1.54) is 13.8 Å². The second kappa shape index (κ2) is 10.6. The van der Waals surface area contributed by atoms with Crippen molar-refractivity contribution in [3.63, 3.8) is 0 Å². The van der Waals surface area contributed by atoms with E-state index in [9.17, 15) is 14.7 Å². The van der Waals surface area contributed by atoms with Crippen molar-refractivity contribution in [2.75, 3.05) is 13.1 Å². The maximum atomic E-state index is 12.1. The third-order valence-corrected chi connectivity index (χ3v) is 6.54. The molecule has 34 heavy (non-hydrogen) atoms. The van der Waals surface area contributed by atoms with E-state index in [-0.39, 0.29) is 5.92 Å². The van der Waals surface area contributed by atoms with Gasteiger partial charge in [0, 0.05) is 36.7 Å². The molecule has 7 nitrogen and oxygen atoms in total. The summed E-state index contributed by atoms with van der Waals surface area (Å²) in [5, 5.41) is 11.2. The standard InChI is InChI=1S/C25H29Cl2N3O4/c1-16(13-18-5-4-6-20(26)22(18)27)15-30(24(28)33)12-11-29-10-9-17-14-19(7-8-21(17)29)34-25(2,3)23(31)32/h4-10,14,16H,11-13,15H2,1-3H3,(H2,28,33)(H,31,32). The molecular weight excluding hydrogens is 477 g/mol. The van der Waals surface area contributed by atoms with Crippen LogP contribution in [0.1, 0.15) is 26.3 Å². The van der Waals surface area contributed by atoms with Gasteiger partial charge in [0.25, 0.3) is 0 Å². The van der Waals surface area contributed by atoms with Crippen molar-refractivity contribution in [3.05, 3.63) is 64.3 Å². The number of rotatable bonds is 10. The van der Waals surface area contributed by atoms with Crippen LogP contribution in [0.15, 0.2) is 48.7 Å². The quantitative estimate of drug-likeness (QED) is 0.382. The number of carbonyl (C=O) groups is 2. The molecule has 0 saturated carbocycles. The van der Waals surface area contributed by atoms with Gasteiger partial charge in [-0.3, -0.25) is 0 Å². The van der Waals surface area contributed by atoms with E-state index in [0.29, 0.717) is 41.8 Å². The maximum Gasteiger partial charge on any atom is 0.347 e. The number of primary amides is 1. The number of aliphatic carboxylic acids is 1. The lowest BCUT2D eigenvalue weighted by Crippen LogP contribution is -2.41. The molecule has 1 unspecified atom stereocenters.